The fraction of sp³-hybridized carbons (Fsp3) is 0.462. The third kappa shape index (κ3) is 3.09. The first-order valence-electron chi connectivity index (χ1n) is 5.77. The summed E-state index contributed by atoms with van der Waals surface area (Å²) in [6.45, 7) is 6.14. The number of amides is 1. The Morgan fingerprint density at radius 1 is 1.28 bits per heavy atom. The zero-order valence-electron chi connectivity index (χ0n) is 11.0. The van der Waals surface area contributed by atoms with Crippen LogP contribution in [0.3, 0.4) is 0 Å². The Morgan fingerprint density at radius 2 is 1.83 bits per heavy atom. The van der Waals surface area contributed by atoms with E-state index in [9.17, 15) is 4.79 Å². The number of nitrogen functional groups attached to an aromatic ring is 1. The van der Waals surface area contributed by atoms with Crippen LogP contribution in [0, 0.1) is 5.92 Å². The summed E-state index contributed by atoms with van der Waals surface area (Å²) < 4.78 is 0. The van der Waals surface area contributed by atoms with E-state index in [0.717, 1.165) is 0 Å². The summed E-state index contributed by atoms with van der Waals surface area (Å²) >= 11 is 11.8. The number of anilines is 1. The molecule has 0 spiro atoms. The molecule has 0 aliphatic carbocycles. The fourth-order valence-electron chi connectivity index (χ4n) is 1.57. The van der Waals surface area contributed by atoms with E-state index >= 15 is 0 Å². The molecule has 0 radical (unpaired) electrons. The molecule has 5 heteroatoms. The summed E-state index contributed by atoms with van der Waals surface area (Å²) in [4.78, 5) is 14.0. The summed E-state index contributed by atoms with van der Waals surface area (Å²) in [5.74, 6) is 0.264. The minimum atomic E-state index is -0.110. The quantitative estimate of drug-likeness (QED) is 0.862. The largest absolute Gasteiger partial charge is 0.397 e. The topological polar surface area (TPSA) is 46.3 Å². The van der Waals surface area contributed by atoms with Gasteiger partial charge in [0.05, 0.1) is 15.7 Å². The van der Waals surface area contributed by atoms with Gasteiger partial charge in [0.15, 0.2) is 0 Å². The van der Waals surface area contributed by atoms with E-state index in [0.29, 0.717) is 22.2 Å². The Labute approximate surface area is 118 Å². The highest BCUT2D eigenvalue weighted by atomic mass is 35.5. The van der Waals surface area contributed by atoms with Gasteiger partial charge >= 0.3 is 0 Å². The lowest BCUT2D eigenvalue weighted by Crippen LogP contribution is -2.38. The highest BCUT2D eigenvalue weighted by molar-refractivity contribution is 6.43. The number of hydrogen-bond donors (Lipinski definition) is 1. The third-order valence-corrected chi connectivity index (χ3v) is 4.02. The second-order valence-electron chi connectivity index (χ2n) is 4.76. The smallest absolute Gasteiger partial charge is 0.253 e. The predicted molar refractivity (Wildman–Crippen MR) is 77.3 cm³/mol. The number of hydrogen-bond acceptors (Lipinski definition) is 2. The summed E-state index contributed by atoms with van der Waals surface area (Å²) in [5, 5.41) is 0.582. The van der Waals surface area contributed by atoms with E-state index in [2.05, 4.69) is 13.8 Å². The fourth-order valence-corrected chi connectivity index (χ4v) is 1.91. The number of carbonyl (C=O) groups excluding carboxylic acids is 1. The van der Waals surface area contributed by atoms with Crippen molar-refractivity contribution in [2.45, 2.75) is 26.8 Å². The molecule has 0 fully saturated rings. The van der Waals surface area contributed by atoms with Gasteiger partial charge in [0.1, 0.15) is 0 Å². The van der Waals surface area contributed by atoms with Crippen LogP contribution in [0.2, 0.25) is 10.0 Å². The molecular weight excluding hydrogens is 271 g/mol. The molecule has 1 aromatic rings. The zero-order chi connectivity index (χ0) is 14.0. The van der Waals surface area contributed by atoms with Gasteiger partial charge in [-0.15, -0.1) is 0 Å². The first kappa shape index (κ1) is 15.1. The molecule has 3 nitrogen and oxygen atoms in total. The van der Waals surface area contributed by atoms with Crippen molar-refractivity contribution in [3.63, 3.8) is 0 Å². The number of benzene rings is 1. The number of carbonyl (C=O) groups is 1. The second kappa shape index (κ2) is 5.81. The molecule has 0 bridgehead atoms. The average molecular weight is 289 g/mol. The maximum atomic E-state index is 12.3. The van der Waals surface area contributed by atoms with Crippen molar-refractivity contribution in [3.05, 3.63) is 27.7 Å². The first-order valence-corrected chi connectivity index (χ1v) is 6.53. The third-order valence-electron chi connectivity index (χ3n) is 3.20. The van der Waals surface area contributed by atoms with Gasteiger partial charge in [-0.1, -0.05) is 37.0 Å². The Bertz CT molecular complexity index is 437. The number of nitrogens with two attached hydrogens (primary N) is 1. The highest BCUT2D eigenvalue weighted by Crippen LogP contribution is 2.30. The van der Waals surface area contributed by atoms with Crippen molar-refractivity contribution in [2.75, 3.05) is 12.8 Å². The number of rotatable bonds is 3. The van der Waals surface area contributed by atoms with Gasteiger partial charge in [0.2, 0.25) is 0 Å². The van der Waals surface area contributed by atoms with Crippen molar-refractivity contribution in [1.29, 1.82) is 0 Å². The van der Waals surface area contributed by atoms with Crippen molar-refractivity contribution >= 4 is 34.8 Å². The molecule has 2 N–H and O–H groups in total. The average Bonchev–Trinajstić information content (AvgIpc) is 2.32. The monoisotopic (exact) mass is 288 g/mol. The van der Waals surface area contributed by atoms with Gasteiger partial charge in [0, 0.05) is 18.7 Å². The van der Waals surface area contributed by atoms with Crippen LogP contribution in [-0.4, -0.2) is 23.9 Å². The van der Waals surface area contributed by atoms with Crippen molar-refractivity contribution in [1.82, 2.24) is 4.90 Å². The van der Waals surface area contributed by atoms with E-state index in [1.165, 1.54) is 0 Å². The molecule has 0 saturated carbocycles. The Balaban J connectivity index is 3.05. The SMILES string of the molecule is CC(C)C(C)N(C)C(=O)c1cc(N)c(Cl)c(Cl)c1. The van der Waals surface area contributed by atoms with Crippen LogP contribution in [0.25, 0.3) is 0 Å². The Hall–Kier alpha value is -0.930. The normalized spacial score (nSPS) is 12.6. The van der Waals surface area contributed by atoms with E-state index in [-0.39, 0.29) is 17.0 Å². The number of nitrogens with zero attached hydrogens (tertiary/aromatic N) is 1. The maximum absolute atomic E-state index is 12.3. The summed E-state index contributed by atoms with van der Waals surface area (Å²) in [5.41, 5.74) is 6.48. The predicted octanol–water partition coefficient (Wildman–Crippen LogP) is 3.69. The van der Waals surface area contributed by atoms with Gasteiger partial charge in [-0.05, 0) is 25.0 Å². The molecule has 18 heavy (non-hydrogen) atoms. The van der Waals surface area contributed by atoms with Crippen molar-refractivity contribution < 1.29 is 4.79 Å². The zero-order valence-corrected chi connectivity index (χ0v) is 12.5. The van der Waals surface area contributed by atoms with Gasteiger partial charge < -0.3 is 10.6 Å². The van der Waals surface area contributed by atoms with Crippen LogP contribution < -0.4 is 5.73 Å². The molecule has 1 atom stereocenters. The second-order valence-corrected chi connectivity index (χ2v) is 5.55. The lowest BCUT2D eigenvalue weighted by Gasteiger charge is -2.28. The van der Waals surface area contributed by atoms with E-state index in [1.807, 2.05) is 6.92 Å². The Morgan fingerprint density at radius 3 is 2.28 bits per heavy atom. The standard InChI is InChI=1S/C13H18Cl2N2O/c1-7(2)8(3)17(4)13(18)9-5-10(14)12(15)11(16)6-9/h5-8H,16H2,1-4H3. The molecule has 0 aromatic heterocycles. The van der Waals surface area contributed by atoms with Crippen LogP contribution in [0.5, 0.6) is 0 Å². The van der Waals surface area contributed by atoms with Gasteiger partial charge in [-0.3, -0.25) is 4.79 Å². The molecule has 0 aliphatic heterocycles. The van der Waals surface area contributed by atoms with Crippen LogP contribution in [-0.2, 0) is 0 Å². The van der Waals surface area contributed by atoms with Gasteiger partial charge in [-0.25, -0.2) is 0 Å². The Kier molecular flexibility index (Phi) is 4.88. The lowest BCUT2D eigenvalue weighted by molar-refractivity contribution is 0.0707. The van der Waals surface area contributed by atoms with E-state index < -0.39 is 0 Å². The van der Waals surface area contributed by atoms with Crippen LogP contribution >= 0.6 is 23.2 Å². The first-order chi connectivity index (χ1) is 8.25. The maximum Gasteiger partial charge on any atom is 0.253 e. The van der Waals surface area contributed by atoms with Crippen molar-refractivity contribution in [3.8, 4) is 0 Å². The lowest BCUT2D eigenvalue weighted by atomic mass is 10.0. The molecule has 1 aromatic carbocycles. The molecule has 0 heterocycles. The molecule has 1 rings (SSSR count). The van der Waals surface area contributed by atoms with E-state index in [4.69, 9.17) is 28.9 Å². The minimum absolute atomic E-state index is 0.110. The molecule has 1 amide bonds. The molecule has 0 aliphatic rings. The van der Waals surface area contributed by atoms with Crippen molar-refractivity contribution in [2.24, 2.45) is 5.92 Å². The minimum Gasteiger partial charge on any atom is -0.397 e. The highest BCUT2D eigenvalue weighted by Gasteiger charge is 2.21. The van der Waals surface area contributed by atoms with Gasteiger partial charge in [-0.2, -0.15) is 0 Å². The van der Waals surface area contributed by atoms with Crippen LogP contribution in [0.15, 0.2) is 12.1 Å². The molecular formula is C13H18Cl2N2O. The number of halogens is 2. The van der Waals surface area contributed by atoms with E-state index in [1.54, 1.807) is 24.1 Å². The van der Waals surface area contributed by atoms with Crippen LogP contribution in [0.1, 0.15) is 31.1 Å². The van der Waals surface area contributed by atoms with Gasteiger partial charge in [0.25, 0.3) is 5.91 Å². The molecule has 0 saturated heterocycles. The summed E-state index contributed by atoms with van der Waals surface area (Å²) in [6.07, 6.45) is 0. The molecule has 1 unspecified atom stereocenters. The molecule has 100 valence electrons. The summed E-state index contributed by atoms with van der Waals surface area (Å²) in [7, 11) is 1.77. The van der Waals surface area contributed by atoms with Crippen LogP contribution in [0.4, 0.5) is 5.69 Å². The summed E-state index contributed by atoms with van der Waals surface area (Å²) in [6, 6.07) is 3.24.